The summed E-state index contributed by atoms with van der Waals surface area (Å²) in [5.41, 5.74) is 2.39. The summed E-state index contributed by atoms with van der Waals surface area (Å²) >= 11 is 2.28. The Morgan fingerprint density at radius 3 is 2.78 bits per heavy atom. The number of rotatable bonds is 5. The highest BCUT2D eigenvalue weighted by Gasteiger charge is 2.15. The van der Waals surface area contributed by atoms with Gasteiger partial charge in [-0.15, -0.1) is 0 Å². The highest BCUT2D eigenvalue weighted by atomic mass is 127. The summed E-state index contributed by atoms with van der Waals surface area (Å²) in [6.45, 7) is 2.43. The molecule has 27 heavy (non-hydrogen) atoms. The number of halogens is 1. The van der Waals surface area contributed by atoms with Crippen molar-refractivity contribution in [1.82, 2.24) is 20.1 Å². The van der Waals surface area contributed by atoms with Crippen molar-refractivity contribution >= 4 is 34.3 Å². The Balaban J connectivity index is 1.40. The van der Waals surface area contributed by atoms with Gasteiger partial charge in [0.1, 0.15) is 11.5 Å². The lowest BCUT2D eigenvalue weighted by atomic mass is 10.3. The number of nitrogens with one attached hydrogen (secondary N) is 1. The van der Waals surface area contributed by atoms with Gasteiger partial charge in [-0.2, -0.15) is 5.10 Å². The molecule has 3 heterocycles. The number of carbonyl (C=O) groups excluding carboxylic acids is 1. The van der Waals surface area contributed by atoms with Crippen molar-refractivity contribution < 1.29 is 4.79 Å². The van der Waals surface area contributed by atoms with Crippen molar-refractivity contribution in [2.45, 2.75) is 19.4 Å². The molecule has 1 saturated heterocycles. The number of hydrogen-bond acceptors (Lipinski definition) is 4. The summed E-state index contributed by atoms with van der Waals surface area (Å²) in [7, 11) is 0. The van der Waals surface area contributed by atoms with E-state index in [1.807, 2.05) is 41.2 Å². The van der Waals surface area contributed by atoms with Crippen LogP contribution in [0.3, 0.4) is 0 Å². The topological polar surface area (TPSA) is 63.1 Å². The molecule has 1 aliphatic heterocycles. The lowest BCUT2D eigenvalue weighted by Gasteiger charge is -2.16. The minimum atomic E-state index is -0.168. The van der Waals surface area contributed by atoms with Gasteiger partial charge in [0.25, 0.3) is 5.91 Å². The van der Waals surface area contributed by atoms with Crippen molar-refractivity contribution in [2.75, 3.05) is 18.0 Å². The van der Waals surface area contributed by atoms with Gasteiger partial charge in [-0.05, 0) is 65.8 Å². The molecule has 0 unspecified atom stereocenters. The Labute approximate surface area is 171 Å². The van der Waals surface area contributed by atoms with Crippen molar-refractivity contribution in [3.05, 3.63) is 69.7 Å². The molecule has 1 N–H and O–H groups in total. The summed E-state index contributed by atoms with van der Waals surface area (Å²) in [5.74, 6) is 0.713. The number of aromatic nitrogens is 3. The van der Waals surface area contributed by atoms with Crippen LogP contribution in [0.4, 0.5) is 5.82 Å². The fraction of sp³-hybridized carbons (Fsp3) is 0.250. The molecule has 1 aromatic carbocycles. The molecule has 4 rings (SSSR count). The Morgan fingerprint density at radius 1 is 1.15 bits per heavy atom. The zero-order valence-corrected chi connectivity index (χ0v) is 17.0. The number of anilines is 1. The third-order valence-corrected chi connectivity index (χ3v) is 5.23. The molecule has 6 nitrogen and oxygen atoms in total. The van der Waals surface area contributed by atoms with E-state index in [-0.39, 0.29) is 5.91 Å². The first-order chi connectivity index (χ1) is 13.2. The van der Waals surface area contributed by atoms with Crippen LogP contribution in [-0.4, -0.2) is 33.8 Å². The SMILES string of the molecule is O=C(NCc1cnn(-c2cccc(I)c2)c1)c1cccc(N2CCCC2)n1. The summed E-state index contributed by atoms with van der Waals surface area (Å²) < 4.78 is 2.97. The van der Waals surface area contributed by atoms with E-state index in [0.29, 0.717) is 12.2 Å². The Bertz CT molecular complexity index is 949. The van der Waals surface area contributed by atoms with Gasteiger partial charge in [0.05, 0.1) is 11.9 Å². The first-order valence-corrected chi connectivity index (χ1v) is 10.1. The van der Waals surface area contributed by atoms with Crippen molar-refractivity contribution in [2.24, 2.45) is 0 Å². The van der Waals surface area contributed by atoms with Crippen LogP contribution in [0, 0.1) is 3.57 Å². The smallest absolute Gasteiger partial charge is 0.270 e. The van der Waals surface area contributed by atoms with Gasteiger partial charge < -0.3 is 10.2 Å². The average molecular weight is 473 g/mol. The first-order valence-electron chi connectivity index (χ1n) is 8.99. The van der Waals surface area contributed by atoms with Crippen LogP contribution in [0.2, 0.25) is 0 Å². The quantitative estimate of drug-likeness (QED) is 0.578. The van der Waals surface area contributed by atoms with Gasteiger partial charge in [-0.3, -0.25) is 4.79 Å². The average Bonchev–Trinajstić information content (AvgIpc) is 3.38. The second kappa shape index (κ2) is 8.08. The maximum atomic E-state index is 12.5. The van der Waals surface area contributed by atoms with Gasteiger partial charge in [0.2, 0.25) is 0 Å². The van der Waals surface area contributed by atoms with E-state index in [0.717, 1.165) is 33.7 Å². The lowest BCUT2D eigenvalue weighted by molar-refractivity contribution is 0.0946. The molecular formula is C20H20IN5O. The Morgan fingerprint density at radius 2 is 1.96 bits per heavy atom. The molecular weight excluding hydrogens is 453 g/mol. The van der Waals surface area contributed by atoms with Crippen LogP contribution >= 0.6 is 22.6 Å². The third-order valence-electron chi connectivity index (χ3n) is 4.56. The molecule has 1 aliphatic rings. The molecule has 138 valence electrons. The van der Waals surface area contributed by atoms with Gasteiger partial charge in [0.15, 0.2) is 0 Å². The fourth-order valence-electron chi connectivity index (χ4n) is 3.16. The van der Waals surface area contributed by atoms with Crippen LogP contribution in [0.1, 0.15) is 28.9 Å². The minimum absolute atomic E-state index is 0.168. The maximum Gasteiger partial charge on any atom is 0.270 e. The van der Waals surface area contributed by atoms with E-state index in [1.165, 1.54) is 12.8 Å². The molecule has 2 aromatic heterocycles. The van der Waals surface area contributed by atoms with E-state index in [2.05, 4.69) is 49.0 Å². The summed E-state index contributed by atoms with van der Waals surface area (Å²) in [4.78, 5) is 19.2. The predicted molar refractivity (Wildman–Crippen MR) is 113 cm³/mol. The summed E-state index contributed by atoms with van der Waals surface area (Å²) in [6.07, 6.45) is 6.07. The minimum Gasteiger partial charge on any atom is -0.357 e. The largest absolute Gasteiger partial charge is 0.357 e. The monoisotopic (exact) mass is 473 g/mol. The molecule has 0 atom stereocenters. The molecule has 0 saturated carbocycles. The van der Waals surface area contributed by atoms with E-state index in [4.69, 9.17) is 0 Å². The molecule has 0 radical (unpaired) electrons. The van der Waals surface area contributed by atoms with Gasteiger partial charge >= 0.3 is 0 Å². The van der Waals surface area contributed by atoms with Crippen LogP contribution in [0.5, 0.6) is 0 Å². The van der Waals surface area contributed by atoms with E-state index in [9.17, 15) is 4.79 Å². The number of amides is 1. The van der Waals surface area contributed by atoms with Crippen molar-refractivity contribution in [1.29, 1.82) is 0 Å². The number of hydrogen-bond donors (Lipinski definition) is 1. The van der Waals surface area contributed by atoms with Crippen LogP contribution in [0.25, 0.3) is 5.69 Å². The molecule has 7 heteroatoms. The second-order valence-electron chi connectivity index (χ2n) is 6.53. The molecule has 0 spiro atoms. The third kappa shape index (κ3) is 4.29. The van der Waals surface area contributed by atoms with E-state index >= 15 is 0 Å². The maximum absolute atomic E-state index is 12.5. The van der Waals surface area contributed by atoms with Crippen molar-refractivity contribution in [3.63, 3.8) is 0 Å². The summed E-state index contributed by atoms with van der Waals surface area (Å²) in [5, 5.41) is 7.32. The highest BCUT2D eigenvalue weighted by Crippen LogP contribution is 2.18. The number of benzene rings is 1. The van der Waals surface area contributed by atoms with E-state index < -0.39 is 0 Å². The predicted octanol–water partition coefficient (Wildman–Crippen LogP) is 3.40. The molecule has 0 bridgehead atoms. The second-order valence-corrected chi connectivity index (χ2v) is 7.78. The zero-order chi connectivity index (χ0) is 18.6. The van der Waals surface area contributed by atoms with E-state index in [1.54, 1.807) is 12.3 Å². The van der Waals surface area contributed by atoms with Crippen LogP contribution < -0.4 is 10.2 Å². The van der Waals surface area contributed by atoms with Crippen LogP contribution in [-0.2, 0) is 6.54 Å². The van der Waals surface area contributed by atoms with Gasteiger partial charge in [0, 0.05) is 35.0 Å². The molecule has 0 aliphatic carbocycles. The Kier molecular flexibility index (Phi) is 5.38. The van der Waals surface area contributed by atoms with Crippen molar-refractivity contribution in [3.8, 4) is 5.69 Å². The zero-order valence-electron chi connectivity index (χ0n) is 14.8. The lowest BCUT2D eigenvalue weighted by Crippen LogP contribution is -2.25. The highest BCUT2D eigenvalue weighted by molar-refractivity contribution is 14.1. The molecule has 1 fully saturated rings. The first kappa shape index (κ1) is 18.0. The number of carbonyl (C=O) groups is 1. The van der Waals surface area contributed by atoms with Gasteiger partial charge in [-0.1, -0.05) is 12.1 Å². The number of nitrogens with zero attached hydrogens (tertiary/aromatic N) is 4. The van der Waals surface area contributed by atoms with Crippen LogP contribution in [0.15, 0.2) is 54.9 Å². The Hall–Kier alpha value is -2.42. The summed E-state index contributed by atoms with van der Waals surface area (Å²) in [6, 6.07) is 13.7. The molecule has 1 amide bonds. The molecule has 3 aromatic rings. The normalized spacial score (nSPS) is 13.7. The number of pyridine rings is 1. The standard InChI is InChI=1S/C20H20IN5O/c21-16-5-3-6-17(11-16)26-14-15(13-23-26)12-22-20(27)18-7-4-8-19(24-18)25-9-1-2-10-25/h3-8,11,13-14H,1-2,9-10,12H2,(H,22,27). The van der Waals surface area contributed by atoms with Gasteiger partial charge in [-0.25, -0.2) is 9.67 Å². The fourth-order valence-corrected chi connectivity index (χ4v) is 3.68.